The maximum atomic E-state index is 12.9. The average Bonchev–Trinajstić information content (AvgIpc) is 3.43. The van der Waals surface area contributed by atoms with Gasteiger partial charge in [-0.2, -0.15) is 0 Å². The normalized spacial score (nSPS) is 12.8. The van der Waals surface area contributed by atoms with Crippen LogP contribution in [-0.2, 0) is 28.6 Å². The fourth-order valence-electron chi connectivity index (χ4n) is 8.92. The van der Waals surface area contributed by atoms with Crippen molar-refractivity contribution in [2.75, 3.05) is 13.2 Å². The van der Waals surface area contributed by atoms with Crippen LogP contribution in [0.4, 0.5) is 0 Å². The summed E-state index contributed by atoms with van der Waals surface area (Å²) in [6, 6.07) is 0. The zero-order valence-corrected chi connectivity index (χ0v) is 50.4. The number of hydrogen-bond acceptors (Lipinski definition) is 6. The topological polar surface area (TPSA) is 78.9 Å². The Labute approximate surface area is 476 Å². The van der Waals surface area contributed by atoms with Crippen LogP contribution in [0.5, 0.6) is 0 Å². The molecule has 0 aromatic heterocycles. The molecule has 77 heavy (non-hydrogen) atoms. The first kappa shape index (κ1) is 73.1. The molecule has 0 rings (SSSR count). The van der Waals surface area contributed by atoms with Crippen LogP contribution in [0.3, 0.4) is 0 Å². The van der Waals surface area contributed by atoms with Gasteiger partial charge >= 0.3 is 17.9 Å². The van der Waals surface area contributed by atoms with E-state index in [1.807, 2.05) is 0 Å². The molecule has 0 saturated carbocycles. The van der Waals surface area contributed by atoms with Gasteiger partial charge in [0.05, 0.1) is 0 Å². The maximum absolute atomic E-state index is 12.9. The van der Waals surface area contributed by atoms with Gasteiger partial charge in [0.15, 0.2) is 6.10 Å². The summed E-state index contributed by atoms with van der Waals surface area (Å²) in [7, 11) is 0. The molecule has 0 aliphatic carbocycles. The third-order valence-corrected chi connectivity index (χ3v) is 13.8. The standard InChI is InChI=1S/C71H120O6/c1-4-7-10-13-16-19-22-24-26-28-30-32-33-34-35-36-37-39-40-42-44-46-49-52-55-58-61-64-70(73)76-67-68(66-75-69(72)63-60-57-54-51-48-21-18-15-12-9-6-3)77-71(74)65-62-59-56-53-50-47-45-43-41-38-31-29-27-25-23-20-17-14-11-8-5-2/h7,10,16,19,23-26,29-32,34-35,37,39,42,44,68H,4-6,8-9,11-15,17-18,20-22,27-28,33,36,38,40-41,43,45-67H2,1-3H3/b10-7-,19-16-,25-23-,26-24-,31-29-,32-30-,35-34-,39-37-,44-42-. The van der Waals surface area contributed by atoms with Crippen molar-refractivity contribution in [3.8, 4) is 0 Å². The Morgan fingerprint density at radius 1 is 0.273 bits per heavy atom. The Bertz CT molecular complexity index is 1560. The summed E-state index contributed by atoms with van der Waals surface area (Å²) in [4.78, 5) is 38.3. The number of carbonyl (C=O) groups excluding carboxylic acids is 3. The molecule has 0 bridgehead atoms. The second kappa shape index (κ2) is 64.6. The Hall–Kier alpha value is -3.93. The zero-order valence-electron chi connectivity index (χ0n) is 50.4. The molecule has 0 aliphatic heterocycles. The van der Waals surface area contributed by atoms with Crippen molar-refractivity contribution in [3.63, 3.8) is 0 Å². The number of carbonyl (C=O) groups is 3. The van der Waals surface area contributed by atoms with Crippen molar-refractivity contribution in [3.05, 3.63) is 109 Å². The van der Waals surface area contributed by atoms with Gasteiger partial charge in [0.2, 0.25) is 0 Å². The van der Waals surface area contributed by atoms with Gasteiger partial charge < -0.3 is 14.2 Å². The Morgan fingerprint density at radius 2 is 0.506 bits per heavy atom. The molecule has 6 nitrogen and oxygen atoms in total. The first-order chi connectivity index (χ1) is 38.0. The summed E-state index contributed by atoms with van der Waals surface area (Å²) < 4.78 is 16.9. The van der Waals surface area contributed by atoms with Crippen LogP contribution in [0.1, 0.15) is 303 Å². The second-order valence-electron chi connectivity index (χ2n) is 21.3. The molecule has 0 spiro atoms. The highest BCUT2D eigenvalue weighted by atomic mass is 16.6. The largest absolute Gasteiger partial charge is 0.462 e. The van der Waals surface area contributed by atoms with E-state index in [1.165, 1.54) is 135 Å². The fraction of sp³-hybridized carbons (Fsp3) is 0.704. The monoisotopic (exact) mass is 1070 g/mol. The van der Waals surface area contributed by atoms with Gasteiger partial charge in [-0.15, -0.1) is 0 Å². The van der Waals surface area contributed by atoms with Gasteiger partial charge in [-0.1, -0.05) is 284 Å². The van der Waals surface area contributed by atoms with Crippen molar-refractivity contribution in [1.82, 2.24) is 0 Å². The smallest absolute Gasteiger partial charge is 0.306 e. The highest BCUT2D eigenvalue weighted by Gasteiger charge is 2.19. The van der Waals surface area contributed by atoms with E-state index in [0.717, 1.165) is 128 Å². The summed E-state index contributed by atoms with van der Waals surface area (Å²) in [6.07, 6.45) is 88.1. The number of rotatable bonds is 58. The van der Waals surface area contributed by atoms with Crippen molar-refractivity contribution in [2.24, 2.45) is 0 Å². The lowest BCUT2D eigenvalue weighted by Crippen LogP contribution is -2.30. The molecule has 0 heterocycles. The SMILES string of the molecule is CC/C=C\C/C=C\C/C=C\C/C=C\C/C=C\C/C=C\C/C=C\CCCCCCCC(=O)OCC(COC(=O)CCCCCCCCCCCCC)OC(=O)CCCCCCCCCCC/C=C\C/C=C\CCCCCCC. The number of ether oxygens (including phenoxy) is 3. The van der Waals surface area contributed by atoms with Crippen molar-refractivity contribution in [2.45, 2.75) is 309 Å². The third kappa shape index (κ3) is 62.8. The van der Waals surface area contributed by atoms with E-state index in [-0.39, 0.29) is 31.1 Å². The van der Waals surface area contributed by atoms with Gasteiger partial charge in [-0.05, 0) is 109 Å². The molecule has 0 radical (unpaired) electrons. The van der Waals surface area contributed by atoms with E-state index in [1.54, 1.807) is 0 Å². The van der Waals surface area contributed by atoms with Crippen LogP contribution >= 0.6 is 0 Å². The average molecular weight is 1070 g/mol. The molecule has 1 atom stereocenters. The minimum atomic E-state index is -0.789. The number of hydrogen-bond donors (Lipinski definition) is 0. The van der Waals surface area contributed by atoms with Crippen LogP contribution < -0.4 is 0 Å². The first-order valence-electron chi connectivity index (χ1n) is 32.4. The fourth-order valence-corrected chi connectivity index (χ4v) is 8.92. The van der Waals surface area contributed by atoms with Crippen LogP contribution in [0.15, 0.2) is 109 Å². The van der Waals surface area contributed by atoms with Gasteiger partial charge in [0, 0.05) is 19.3 Å². The predicted molar refractivity (Wildman–Crippen MR) is 334 cm³/mol. The van der Waals surface area contributed by atoms with E-state index in [9.17, 15) is 14.4 Å². The predicted octanol–water partition coefficient (Wildman–Crippen LogP) is 22.2. The van der Waals surface area contributed by atoms with Crippen molar-refractivity contribution < 1.29 is 28.6 Å². The first-order valence-corrected chi connectivity index (χ1v) is 32.4. The molecule has 0 fully saturated rings. The van der Waals surface area contributed by atoms with E-state index in [0.29, 0.717) is 19.3 Å². The third-order valence-electron chi connectivity index (χ3n) is 13.8. The van der Waals surface area contributed by atoms with Gasteiger partial charge in [0.25, 0.3) is 0 Å². The maximum Gasteiger partial charge on any atom is 0.306 e. The number of esters is 3. The lowest BCUT2D eigenvalue weighted by Gasteiger charge is -2.18. The molecule has 440 valence electrons. The molecule has 6 heteroatoms. The number of allylic oxidation sites excluding steroid dienone is 18. The molecule has 0 aliphatic rings. The molecular formula is C71H120O6. The summed E-state index contributed by atoms with van der Waals surface area (Å²) in [5.41, 5.74) is 0. The van der Waals surface area contributed by atoms with E-state index < -0.39 is 6.10 Å². The lowest BCUT2D eigenvalue weighted by molar-refractivity contribution is -0.167. The molecule has 0 N–H and O–H groups in total. The van der Waals surface area contributed by atoms with Gasteiger partial charge in [0.1, 0.15) is 13.2 Å². The van der Waals surface area contributed by atoms with Crippen molar-refractivity contribution >= 4 is 17.9 Å². The minimum absolute atomic E-state index is 0.0847. The Balaban J connectivity index is 4.34. The molecule has 0 saturated heterocycles. The number of unbranched alkanes of at least 4 members (excludes halogenated alkanes) is 29. The van der Waals surface area contributed by atoms with Crippen molar-refractivity contribution in [1.29, 1.82) is 0 Å². The van der Waals surface area contributed by atoms with Gasteiger partial charge in [-0.3, -0.25) is 14.4 Å². The van der Waals surface area contributed by atoms with E-state index in [4.69, 9.17) is 14.2 Å². The van der Waals surface area contributed by atoms with E-state index in [2.05, 4.69) is 130 Å². The summed E-state index contributed by atoms with van der Waals surface area (Å²) in [6.45, 7) is 6.51. The van der Waals surface area contributed by atoms with Crippen LogP contribution in [0, 0.1) is 0 Å². The molecule has 0 aromatic carbocycles. The lowest BCUT2D eigenvalue weighted by atomic mass is 10.1. The summed E-state index contributed by atoms with van der Waals surface area (Å²) in [5, 5.41) is 0. The summed E-state index contributed by atoms with van der Waals surface area (Å²) >= 11 is 0. The van der Waals surface area contributed by atoms with E-state index >= 15 is 0 Å². The minimum Gasteiger partial charge on any atom is -0.462 e. The second-order valence-corrected chi connectivity index (χ2v) is 21.3. The molecular weight excluding hydrogens is 949 g/mol. The Kier molecular flexibility index (Phi) is 61.3. The van der Waals surface area contributed by atoms with Crippen LogP contribution in [0.25, 0.3) is 0 Å². The quantitative estimate of drug-likeness (QED) is 0.0261. The molecule has 1 unspecified atom stereocenters. The van der Waals surface area contributed by atoms with Gasteiger partial charge in [-0.25, -0.2) is 0 Å². The highest BCUT2D eigenvalue weighted by molar-refractivity contribution is 5.71. The molecule has 0 aromatic rings. The summed E-state index contributed by atoms with van der Waals surface area (Å²) in [5.74, 6) is -0.902. The van der Waals surface area contributed by atoms with Crippen LogP contribution in [0.2, 0.25) is 0 Å². The zero-order chi connectivity index (χ0) is 55.7. The molecule has 0 amide bonds. The van der Waals surface area contributed by atoms with Crippen LogP contribution in [-0.4, -0.2) is 37.2 Å². The Morgan fingerprint density at radius 3 is 0.792 bits per heavy atom. The highest BCUT2D eigenvalue weighted by Crippen LogP contribution is 2.16.